The molecule has 1 nitrogen and oxygen atoms in total. The summed E-state index contributed by atoms with van der Waals surface area (Å²) in [7, 11) is -0.592. The molecule has 0 aromatic carbocycles. The molecular weight excluding hydrogens is 152 g/mol. The lowest BCUT2D eigenvalue weighted by atomic mass is 10.3. The van der Waals surface area contributed by atoms with Gasteiger partial charge in [0, 0.05) is 0 Å². The third-order valence-corrected chi connectivity index (χ3v) is 3.62. The van der Waals surface area contributed by atoms with E-state index in [-0.39, 0.29) is 0 Å². The molecule has 0 aromatic rings. The molecule has 2 heteroatoms. The molecule has 0 heterocycles. The Morgan fingerprint density at radius 1 is 1.55 bits per heavy atom. The van der Waals surface area contributed by atoms with Crippen molar-refractivity contribution in [1.82, 2.24) is 0 Å². The molecule has 0 aliphatic carbocycles. The summed E-state index contributed by atoms with van der Waals surface area (Å²) in [6.07, 6.45) is 3.70. The summed E-state index contributed by atoms with van der Waals surface area (Å²) in [6.45, 7) is 12.9. The molecule has 0 saturated heterocycles. The average Bonchev–Trinajstić information content (AvgIpc) is 1.97. The molecule has 0 amide bonds. The zero-order valence-corrected chi connectivity index (χ0v) is 8.75. The second-order valence-corrected chi connectivity index (χ2v) is 6.08. The third-order valence-electron chi connectivity index (χ3n) is 1.69. The Kier molecular flexibility index (Phi) is 5.94. The van der Waals surface area contributed by atoms with Gasteiger partial charge in [-0.05, 0) is 12.8 Å². The van der Waals surface area contributed by atoms with Gasteiger partial charge in [-0.2, -0.15) is 0 Å². The van der Waals surface area contributed by atoms with Crippen LogP contribution < -0.4 is 0 Å². The molecule has 0 aliphatic heterocycles. The first-order valence-corrected chi connectivity index (χ1v) is 6.97. The summed E-state index contributed by atoms with van der Waals surface area (Å²) in [6, 6.07) is 0. The van der Waals surface area contributed by atoms with Crippen LogP contribution in [0.5, 0.6) is 0 Å². The van der Waals surface area contributed by atoms with Crippen LogP contribution in [0.15, 0.2) is 24.6 Å². The molecular formula is C9H18OSi. The second kappa shape index (κ2) is 6.22. The molecule has 0 aromatic heterocycles. The maximum absolute atomic E-state index is 5.00. The fraction of sp³-hybridized carbons (Fsp3) is 0.556. The Morgan fingerprint density at radius 3 is 2.64 bits per heavy atom. The number of ether oxygens (including phenoxy) is 1. The van der Waals surface area contributed by atoms with Gasteiger partial charge in [-0.15, -0.1) is 6.58 Å². The molecule has 0 unspecified atom stereocenters. The van der Waals surface area contributed by atoms with Crippen LogP contribution in [0.1, 0.15) is 12.8 Å². The number of allylic oxidation sites excluding steroid dienone is 1. The van der Waals surface area contributed by atoms with E-state index in [0.717, 1.165) is 19.4 Å². The van der Waals surface area contributed by atoms with Gasteiger partial charge in [-0.25, -0.2) is 0 Å². The summed E-state index contributed by atoms with van der Waals surface area (Å²) < 4.78 is 5.00. The Labute approximate surface area is 71.4 Å². The highest BCUT2D eigenvalue weighted by molar-refractivity contribution is 6.63. The molecule has 0 radical (unpaired) electrons. The second-order valence-electron chi connectivity index (χ2n) is 2.95. The molecule has 0 saturated carbocycles. The van der Waals surface area contributed by atoms with E-state index in [9.17, 15) is 0 Å². The maximum atomic E-state index is 5.00. The quantitative estimate of drug-likeness (QED) is 0.338. The van der Waals surface area contributed by atoms with E-state index in [2.05, 4.69) is 26.3 Å². The maximum Gasteiger partial charge on any atom is 0.0875 e. The lowest BCUT2D eigenvalue weighted by Crippen LogP contribution is -2.05. The van der Waals surface area contributed by atoms with Crippen molar-refractivity contribution in [3.63, 3.8) is 0 Å². The van der Waals surface area contributed by atoms with E-state index in [0.29, 0.717) is 0 Å². The standard InChI is InChI=1S/C9H18OSi/c1-5-10-8-6-7-9(2)11(3)4/h5,11H,1-2,6-8H2,3-4H3. The van der Waals surface area contributed by atoms with Crippen molar-refractivity contribution >= 4 is 8.80 Å². The van der Waals surface area contributed by atoms with E-state index in [1.54, 1.807) is 0 Å². The molecule has 0 bridgehead atoms. The smallest absolute Gasteiger partial charge is 0.0875 e. The molecule has 0 spiro atoms. The van der Waals surface area contributed by atoms with Gasteiger partial charge in [0.15, 0.2) is 0 Å². The average molecular weight is 170 g/mol. The Hall–Kier alpha value is -0.503. The highest BCUT2D eigenvalue weighted by atomic mass is 28.3. The number of rotatable bonds is 6. The zero-order valence-electron chi connectivity index (χ0n) is 7.60. The van der Waals surface area contributed by atoms with Crippen molar-refractivity contribution in [3.05, 3.63) is 24.6 Å². The van der Waals surface area contributed by atoms with Crippen molar-refractivity contribution in [1.29, 1.82) is 0 Å². The minimum Gasteiger partial charge on any atom is -0.502 e. The first kappa shape index (κ1) is 10.5. The van der Waals surface area contributed by atoms with Crippen LogP contribution in [-0.2, 0) is 4.74 Å². The van der Waals surface area contributed by atoms with E-state index in [1.165, 1.54) is 11.5 Å². The lowest BCUT2D eigenvalue weighted by Gasteiger charge is -2.06. The van der Waals surface area contributed by atoms with Crippen LogP contribution in [0.4, 0.5) is 0 Å². The van der Waals surface area contributed by atoms with Gasteiger partial charge in [0.1, 0.15) is 0 Å². The Balaban J connectivity index is 3.24. The van der Waals surface area contributed by atoms with E-state index in [1.807, 2.05) is 0 Å². The highest BCUT2D eigenvalue weighted by Crippen LogP contribution is 2.06. The van der Waals surface area contributed by atoms with Crippen molar-refractivity contribution in [2.45, 2.75) is 25.9 Å². The molecule has 64 valence electrons. The van der Waals surface area contributed by atoms with Crippen LogP contribution in [0.3, 0.4) is 0 Å². The van der Waals surface area contributed by atoms with E-state index >= 15 is 0 Å². The van der Waals surface area contributed by atoms with Crippen LogP contribution in [0, 0.1) is 0 Å². The van der Waals surface area contributed by atoms with E-state index < -0.39 is 8.80 Å². The highest BCUT2D eigenvalue weighted by Gasteiger charge is 2.00. The predicted octanol–water partition coefficient (Wildman–Crippen LogP) is 2.51. The van der Waals surface area contributed by atoms with Crippen LogP contribution >= 0.6 is 0 Å². The van der Waals surface area contributed by atoms with Gasteiger partial charge >= 0.3 is 0 Å². The third kappa shape index (κ3) is 5.92. The van der Waals surface area contributed by atoms with Crippen LogP contribution in [-0.4, -0.2) is 15.4 Å². The Bertz CT molecular complexity index is 130. The number of hydrogen-bond acceptors (Lipinski definition) is 1. The Morgan fingerprint density at radius 2 is 2.18 bits per heavy atom. The number of hydrogen-bond donors (Lipinski definition) is 0. The van der Waals surface area contributed by atoms with Gasteiger partial charge in [0.2, 0.25) is 0 Å². The largest absolute Gasteiger partial charge is 0.502 e. The fourth-order valence-corrected chi connectivity index (χ4v) is 1.54. The van der Waals surface area contributed by atoms with Crippen molar-refractivity contribution in [2.75, 3.05) is 6.61 Å². The molecule has 0 fully saturated rings. The summed E-state index contributed by atoms with van der Waals surface area (Å²) in [5.41, 5.74) is 0. The van der Waals surface area contributed by atoms with Gasteiger partial charge < -0.3 is 4.74 Å². The van der Waals surface area contributed by atoms with Crippen molar-refractivity contribution < 1.29 is 4.74 Å². The lowest BCUT2D eigenvalue weighted by molar-refractivity contribution is 0.246. The topological polar surface area (TPSA) is 9.23 Å². The SMILES string of the molecule is C=COCCCC(=C)[SiH](C)C. The van der Waals surface area contributed by atoms with Gasteiger partial charge in [-0.3, -0.25) is 0 Å². The summed E-state index contributed by atoms with van der Waals surface area (Å²) >= 11 is 0. The summed E-state index contributed by atoms with van der Waals surface area (Å²) in [5.74, 6) is 0. The first-order chi connectivity index (χ1) is 5.18. The van der Waals surface area contributed by atoms with Gasteiger partial charge in [-0.1, -0.05) is 24.9 Å². The van der Waals surface area contributed by atoms with Crippen LogP contribution in [0.25, 0.3) is 0 Å². The molecule has 11 heavy (non-hydrogen) atoms. The minimum atomic E-state index is -0.592. The van der Waals surface area contributed by atoms with Gasteiger partial charge in [0.05, 0.1) is 21.7 Å². The summed E-state index contributed by atoms with van der Waals surface area (Å²) in [5, 5.41) is 1.44. The molecule has 0 atom stereocenters. The van der Waals surface area contributed by atoms with Crippen molar-refractivity contribution in [3.8, 4) is 0 Å². The minimum absolute atomic E-state index is 0.592. The molecule has 0 rings (SSSR count). The normalized spacial score (nSPS) is 9.73. The van der Waals surface area contributed by atoms with Gasteiger partial charge in [0.25, 0.3) is 0 Å². The van der Waals surface area contributed by atoms with Crippen molar-refractivity contribution in [2.24, 2.45) is 0 Å². The first-order valence-electron chi connectivity index (χ1n) is 4.08. The molecule has 0 aliphatic rings. The summed E-state index contributed by atoms with van der Waals surface area (Å²) in [4.78, 5) is 0. The zero-order chi connectivity index (χ0) is 8.69. The monoisotopic (exact) mass is 170 g/mol. The van der Waals surface area contributed by atoms with Crippen LogP contribution in [0.2, 0.25) is 13.1 Å². The fourth-order valence-electron chi connectivity index (χ4n) is 0.755. The predicted molar refractivity (Wildman–Crippen MR) is 53.4 cm³/mol. The van der Waals surface area contributed by atoms with E-state index in [4.69, 9.17) is 4.74 Å². The molecule has 0 N–H and O–H groups in total.